The Morgan fingerprint density at radius 2 is 2.15 bits per heavy atom. The van der Waals surface area contributed by atoms with E-state index >= 15 is 0 Å². The normalized spacial score (nSPS) is 25.9. The molecule has 1 aliphatic heterocycles. The van der Waals surface area contributed by atoms with E-state index in [4.69, 9.17) is 5.73 Å². The molecule has 1 saturated heterocycles. The first-order chi connectivity index (χ1) is 9.70. The van der Waals surface area contributed by atoms with Crippen LogP contribution in [0.4, 0.5) is 0 Å². The fourth-order valence-electron chi connectivity index (χ4n) is 3.60. The topological polar surface area (TPSA) is 29.3 Å². The third-order valence-corrected chi connectivity index (χ3v) is 5.95. The molecule has 1 aromatic carbocycles. The van der Waals surface area contributed by atoms with Crippen LogP contribution >= 0.6 is 11.3 Å². The minimum Gasteiger partial charge on any atom is -0.329 e. The zero-order valence-electron chi connectivity index (χ0n) is 12.4. The third-order valence-electron chi connectivity index (χ3n) is 4.67. The molecule has 3 rings (SSSR count). The minimum absolute atomic E-state index is 0.469. The SMILES string of the molecule is CC1CCCC(CN)N1C(C)c1cc2ccccc2s1. The van der Waals surface area contributed by atoms with Gasteiger partial charge in [-0.05, 0) is 44.2 Å². The number of nitrogens with two attached hydrogens (primary N) is 1. The molecule has 1 aromatic heterocycles. The van der Waals surface area contributed by atoms with Crippen LogP contribution in [0.2, 0.25) is 0 Å². The summed E-state index contributed by atoms with van der Waals surface area (Å²) < 4.78 is 1.39. The number of benzene rings is 1. The number of fused-ring (bicyclic) bond motifs is 1. The van der Waals surface area contributed by atoms with Crippen molar-refractivity contribution in [2.45, 2.75) is 51.2 Å². The molecule has 0 aliphatic carbocycles. The molecule has 108 valence electrons. The van der Waals surface area contributed by atoms with Gasteiger partial charge in [0, 0.05) is 34.2 Å². The van der Waals surface area contributed by atoms with E-state index in [-0.39, 0.29) is 0 Å². The van der Waals surface area contributed by atoms with Gasteiger partial charge in [-0.15, -0.1) is 11.3 Å². The lowest BCUT2D eigenvalue weighted by Crippen LogP contribution is -2.49. The quantitative estimate of drug-likeness (QED) is 0.918. The van der Waals surface area contributed by atoms with Crippen LogP contribution in [0.25, 0.3) is 10.1 Å². The molecule has 3 atom stereocenters. The second kappa shape index (κ2) is 5.84. The Hall–Kier alpha value is -0.900. The van der Waals surface area contributed by atoms with Gasteiger partial charge in [-0.2, -0.15) is 0 Å². The molecule has 1 aliphatic rings. The van der Waals surface area contributed by atoms with Crippen molar-refractivity contribution in [3.05, 3.63) is 35.2 Å². The second-order valence-electron chi connectivity index (χ2n) is 5.98. The minimum atomic E-state index is 0.469. The molecule has 2 N–H and O–H groups in total. The van der Waals surface area contributed by atoms with Crippen molar-refractivity contribution in [1.29, 1.82) is 0 Å². The summed E-state index contributed by atoms with van der Waals surface area (Å²) in [5.41, 5.74) is 6.01. The molecule has 0 amide bonds. The zero-order valence-corrected chi connectivity index (χ0v) is 13.2. The van der Waals surface area contributed by atoms with Gasteiger partial charge >= 0.3 is 0 Å². The number of hydrogen-bond acceptors (Lipinski definition) is 3. The molecule has 3 unspecified atom stereocenters. The Morgan fingerprint density at radius 3 is 2.90 bits per heavy atom. The first kappa shape index (κ1) is 14.1. The third kappa shape index (κ3) is 2.50. The molecule has 1 fully saturated rings. The average Bonchev–Trinajstić information content (AvgIpc) is 2.90. The van der Waals surface area contributed by atoms with Gasteiger partial charge in [0.2, 0.25) is 0 Å². The van der Waals surface area contributed by atoms with E-state index in [9.17, 15) is 0 Å². The zero-order chi connectivity index (χ0) is 14.1. The van der Waals surface area contributed by atoms with Crippen LogP contribution in [-0.4, -0.2) is 23.5 Å². The summed E-state index contributed by atoms with van der Waals surface area (Å²) in [6.07, 6.45) is 3.86. The summed E-state index contributed by atoms with van der Waals surface area (Å²) in [5.74, 6) is 0. The maximum Gasteiger partial charge on any atom is 0.0420 e. The number of nitrogens with zero attached hydrogens (tertiary/aromatic N) is 1. The van der Waals surface area contributed by atoms with E-state index in [1.54, 1.807) is 0 Å². The summed E-state index contributed by atoms with van der Waals surface area (Å²) in [5, 5.41) is 1.37. The summed E-state index contributed by atoms with van der Waals surface area (Å²) in [6.45, 7) is 5.47. The fourth-order valence-corrected chi connectivity index (χ4v) is 4.72. The van der Waals surface area contributed by atoms with E-state index in [2.05, 4.69) is 49.1 Å². The predicted molar refractivity (Wildman–Crippen MR) is 88.2 cm³/mol. The lowest BCUT2D eigenvalue weighted by atomic mass is 9.94. The molecule has 0 radical (unpaired) electrons. The molecular weight excluding hydrogens is 264 g/mol. The Kier molecular flexibility index (Phi) is 4.11. The van der Waals surface area contributed by atoms with Gasteiger partial charge in [0.15, 0.2) is 0 Å². The van der Waals surface area contributed by atoms with E-state index in [0.29, 0.717) is 18.1 Å². The second-order valence-corrected chi connectivity index (χ2v) is 7.09. The summed E-state index contributed by atoms with van der Waals surface area (Å²) in [4.78, 5) is 4.12. The van der Waals surface area contributed by atoms with Crippen molar-refractivity contribution in [2.24, 2.45) is 5.73 Å². The number of hydrogen-bond donors (Lipinski definition) is 1. The number of rotatable bonds is 3. The Labute approximate surface area is 125 Å². The van der Waals surface area contributed by atoms with Gasteiger partial charge in [-0.3, -0.25) is 4.90 Å². The van der Waals surface area contributed by atoms with Gasteiger partial charge in [-0.25, -0.2) is 0 Å². The number of piperidine rings is 1. The van der Waals surface area contributed by atoms with Crippen LogP contribution < -0.4 is 5.73 Å². The van der Waals surface area contributed by atoms with Gasteiger partial charge in [0.1, 0.15) is 0 Å². The van der Waals surface area contributed by atoms with E-state index < -0.39 is 0 Å². The van der Waals surface area contributed by atoms with Crippen LogP contribution in [0.1, 0.15) is 44.0 Å². The van der Waals surface area contributed by atoms with Crippen molar-refractivity contribution in [2.75, 3.05) is 6.54 Å². The van der Waals surface area contributed by atoms with Gasteiger partial charge in [0.25, 0.3) is 0 Å². The molecule has 0 bridgehead atoms. The Bertz CT molecular complexity index is 544. The number of likely N-dealkylation sites (tertiary alicyclic amines) is 1. The van der Waals surface area contributed by atoms with E-state index in [1.165, 1.54) is 34.2 Å². The van der Waals surface area contributed by atoms with Crippen LogP contribution in [0.5, 0.6) is 0 Å². The molecule has 2 heterocycles. The fraction of sp³-hybridized carbons (Fsp3) is 0.529. The molecule has 0 spiro atoms. The summed E-state index contributed by atoms with van der Waals surface area (Å²) in [6, 6.07) is 12.7. The largest absolute Gasteiger partial charge is 0.329 e. The Balaban J connectivity index is 1.91. The van der Waals surface area contributed by atoms with Crippen LogP contribution in [0.15, 0.2) is 30.3 Å². The van der Waals surface area contributed by atoms with Crippen molar-refractivity contribution >= 4 is 21.4 Å². The Morgan fingerprint density at radius 1 is 1.35 bits per heavy atom. The molecular formula is C17H24N2S. The van der Waals surface area contributed by atoms with E-state index in [1.807, 2.05) is 11.3 Å². The van der Waals surface area contributed by atoms with Gasteiger partial charge < -0.3 is 5.73 Å². The smallest absolute Gasteiger partial charge is 0.0420 e. The molecule has 20 heavy (non-hydrogen) atoms. The van der Waals surface area contributed by atoms with Gasteiger partial charge in [-0.1, -0.05) is 24.6 Å². The standard InChI is InChI=1S/C17H24N2S/c1-12-6-5-8-15(11-18)19(12)13(2)17-10-14-7-3-4-9-16(14)20-17/h3-4,7,9-10,12-13,15H,5-6,8,11,18H2,1-2H3. The molecule has 2 nitrogen and oxygen atoms in total. The van der Waals surface area contributed by atoms with Crippen LogP contribution in [-0.2, 0) is 0 Å². The predicted octanol–water partition coefficient (Wildman–Crippen LogP) is 4.16. The summed E-state index contributed by atoms with van der Waals surface area (Å²) in [7, 11) is 0. The van der Waals surface area contributed by atoms with Gasteiger partial charge in [0.05, 0.1) is 0 Å². The summed E-state index contributed by atoms with van der Waals surface area (Å²) >= 11 is 1.93. The molecule has 0 saturated carbocycles. The van der Waals surface area contributed by atoms with Crippen LogP contribution in [0, 0.1) is 0 Å². The number of thiophene rings is 1. The lowest BCUT2D eigenvalue weighted by Gasteiger charge is -2.43. The van der Waals surface area contributed by atoms with Crippen molar-refractivity contribution in [1.82, 2.24) is 4.90 Å². The van der Waals surface area contributed by atoms with E-state index in [0.717, 1.165) is 6.54 Å². The highest BCUT2D eigenvalue weighted by Gasteiger charge is 2.31. The first-order valence-corrected chi connectivity index (χ1v) is 8.48. The van der Waals surface area contributed by atoms with Crippen molar-refractivity contribution < 1.29 is 0 Å². The maximum atomic E-state index is 6.01. The molecule has 3 heteroatoms. The highest BCUT2D eigenvalue weighted by atomic mass is 32.1. The van der Waals surface area contributed by atoms with Crippen LogP contribution in [0.3, 0.4) is 0 Å². The molecule has 2 aromatic rings. The van der Waals surface area contributed by atoms with Crippen molar-refractivity contribution in [3.63, 3.8) is 0 Å². The van der Waals surface area contributed by atoms with Crippen molar-refractivity contribution in [3.8, 4) is 0 Å². The highest BCUT2D eigenvalue weighted by molar-refractivity contribution is 7.19. The average molecular weight is 288 g/mol. The maximum absolute atomic E-state index is 6.01. The monoisotopic (exact) mass is 288 g/mol. The first-order valence-electron chi connectivity index (χ1n) is 7.66. The lowest BCUT2D eigenvalue weighted by molar-refractivity contribution is 0.0585. The highest BCUT2D eigenvalue weighted by Crippen LogP contribution is 2.37.